The molecule has 1 saturated heterocycles. The first-order chi connectivity index (χ1) is 9.74. The van der Waals surface area contributed by atoms with Gasteiger partial charge in [-0.2, -0.15) is 5.10 Å². The Kier molecular flexibility index (Phi) is 3.56. The number of aryl methyl sites for hydroxylation is 1. The lowest BCUT2D eigenvalue weighted by Gasteiger charge is -2.09. The van der Waals surface area contributed by atoms with Crippen molar-refractivity contribution in [3.63, 3.8) is 0 Å². The molecule has 2 aromatic rings. The number of carbonyl (C=O) groups is 1. The number of hydrogen-bond donors (Lipinski definition) is 1. The number of nitrogens with zero attached hydrogens (tertiary/aromatic N) is 2. The number of nitrogens with one attached hydrogen (secondary N) is 1. The maximum atomic E-state index is 12.1. The van der Waals surface area contributed by atoms with Crippen LogP contribution in [0.2, 0.25) is 0 Å². The molecule has 2 aromatic heterocycles. The highest BCUT2D eigenvalue weighted by atomic mass is 16.5. The molecule has 0 saturated carbocycles. The smallest absolute Gasteiger partial charge is 0.271 e. The molecule has 6 heteroatoms. The van der Waals surface area contributed by atoms with Crippen molar-refractivity contribution in [3.05, 3.63) is 30.2 Å². The van der Waals surface area contributed by atoms with Gasteiger partial charge in [0, 0.05) is 26.3 Å². The number of furan rings is 1. The van der Waals surface area contributed by atoms with Gasteiger partial charge in [0.05, 0.1) is 12.4 Å². The minimum atomic E-state index is -0.186. The first-order valence-corrected chi connectivity index (χ1v) is 6.72. The third-order valence-corrected chi connectivity index (χ3v) is 3.40. The second-order valence-electron chi connectivity index (χ2n) is 4.86. The molecule has 1 atom stereocenters. The van der Waals surface area contributed by atoms with Crippen LogP contribution in [-0.2, 0) is 11.8 Å². The number of amides is 1. The number of carbonyl (C=O) groups excluding carboxylic acids is 1. The third-order valence-electron chi connectivity index (χ3n) is 3.40. The fourth-order valence-corrected chi connectivity index (χ4v) is 2.34. The summed E-state index contributed by atoms with van der Waals surface area (Å²) >= 11 is 0. The zero-order valence-corrected chi connectivity index (χ0v) is 11.3. The summed E-state index contributed by atoms with van der Waals surface area (Å²) in [5.74, 6) is 0.507. The van der Waals surface area contributed by atoms with Gasteiger partial charge < -0.3 is 14.5 Å². The first kappa shape index (κ1) is 12.9. The van der Waals surface area contributed by atoms with Crippen molar-refractivity contribution in [1.29, 1.82) is 0 Å². The highest BCUT2D eigenvalue weighted by Crippen LogP contribution is 2.20. The quantitative estimate of drug-likeness (QED) is 0.920. The molecule has 1 N–H and O–H groups in total. The maximum absolute atomic E-state index is 12.1. The lowest BCUT2D eigenvalue weighted by atomic mass is 10.2. The predicted octanol–water partition coefficient (Wildman–Crippen LogP) is 1.59. The zero-order chi connectivity index (χ0) is 13.9. The molecule has 1 aliphatic heterocycles. The van der Waals surface area contributed by atoms with Crippen LogP contribution < -0.4 is 5.32 Å². The van der Waals surface area contributed by atoms with Gasteiger partial charge in [-0.1, -0.05) is 0 Å². The van der Waals surface area contributed by atoms with Crippen LogP contribution in [0.3, 0.4) is 0 Å². The molecule has 3 heterocycles. The van der Waals surface area contributed by atoms with E-state index in [4.69, 9.17) is 9.15 Å². The largest absolute Gasteiger partial charge is 0.463 e. The molecule has 6 nitrogen and oxygen atoms in total. The normalized spacial score (nSPS) is 18.4. The van der Waals surface area contributed by atoms with Crippen molar-refractivity contribution < 1.29 is 13.9 Å². The molecule has 0 bridgehead atoms. The van der Waals surface area contributed by atoms with Gasteiger partial charge in [0.1, 0.15) is 5.69 Å². The average molecular weight is 275 g/mol. The molecule has 106 valence electrons. The van der Waals surface area contributed by atoms with Gasteiger partial charge in [-0.25, -0.2) is 0 Å². The highest BCUT2D eigenvalue weighted by Gasteiger charge is 2.19. The number of hydrogen-bond acceptors (Lipinski definition) is 4. The van der Waals surface area contributed by atoms with Gasteiger partial charge in [-0.05, 0) is 25.0 Å². The summed E-state index contributed by atoms with van der Waals surface area (Å²) in [4.78, 5) is 12.1. The Morgan fingerprint density at radius 1 is 1.60 bits per heavy atom. The summed E-state index contributed by atoms with van der Waals surface area (Å²) in [6.07, 6.45) is 3.79. The van der Waals surface area contributed by atoms with Gasteiger partial charge in [0.15, 0.2) is 11.5 Å². The summed E-state index contributed by atoms with van der Waals surface area (Å²) in [6, 6.07) is 5.37. The van der Waals surface area contributed by atoms with E-state index in [1.54, 1.807) is 30.1 Å². The van der Waals surface area contributed by atoms with E-state index in [-0.39, 0.29) is 12.0 Å². The standard InChI is InChI=1S/C14H17N3O3/c1-17-12(13-5-3-7-20-13)8-11(16-17)14(18)15-9-10-4-2-6-19-10/h3,5,7-8,10H,2,4,6,9H2,1H3,(H,15,18). The Labute approximate surface area is 116 Å². The van der Waals surface area contributed by atoms with Gasteiger partial charge in [-0.15, -0.1) is 0 Å². The molecular formula is C14H17N3O3. The van der Waals surface area contributed by atoms with Crippen LogP contribution in [0.1, 0.15) is 23.3 Å². The summed E-state index contributed by atoms with van der Waals surface area (Å²) in [5, 5.41) is 7.07. The van der Waals surface area contributed by atoms with E-state index < -0.39 is 0 Å². The van der Waals surface area contributed by atoms with E-state index in [2.05, 4.69) is 10.4 Å². The zero-order valence-electron chi connectivity index (χ0n) is 11.3. The van der Waals surface area contributed by atoms with Crippen LogP contribution in [0.5, 0.6) is 0 Å². The van der Waals surface area contributed by atoms with Crippen molar-refractivity contribution in [2.45, 2.75) is 18.9 Å². The lowest BCUT2D eigenvalue weighted by molar-refractivity contribution is 0.0853. The van der Waals surface area contributed by atoms with E-state index in [1.807, 2.05) is 6.07 Å². The summed E-state index contributed by atoms with van der Waals surface area (Å²) in [6.45, 7) is 1.32. The van der Waals surface area contributed by atoms with E-state index in [0.29, 0.717) is 18.0 Å². The predicted molar refractivity (Wildman–Crippen MR) is 72.2 cm³/mol. The van der Waals surface area contributed by atoms with Crippen molar-refractivity contribution in [3.8, 4) is 11.5 Å². The van der Waals surface area contributed by atoms with Crippen LogP contribution in [0.4, 0.5) is 0 Å². The summed E-state index contributed by atoms with van der Waals surface area (Å²) < 4.78 is 12.4. The van der Waals surface area contributed by atoms with E-state index >= 15 is 0 Å². The van der Waals surface area contributed by atoms with Gasteiger partial charge in [-0.3, -0.25) is 9.48 Å². The summed E-state index contributed by atoms with van der Waals surface area (Å²) in [7, 11) is 1.79. The second kappa shape index (κ2) is 5.50. The van der Waals surface area contributed by atoms with Crippen LogP contribution >= 0.6 is 0 Å². The Hall–Kier alpha value is -2.08. The molecule has 0 spiro atoms. The number of aromatic nitrogens is 2. The van der Waals surface area contributed by atoms with Gasteiger partial charge >= 0.3 is 0 Å². The SMILES string of the molecule is Cn1nc(C(=O)NCC2CCCO2)cc1-c1ccco1. The molecule has 20 heavy (non-hydrogen) atoms. The monoisotopic (exact) mass is 275 g/mol. The van der Waals surface area contributed by atoms with Crippen LogP contribution in [-0.4, -0.2) is 34.9 Å². The van der Waals surface area contributed by atoms with Gasteiger partial charge in [0.25, 0.3) is 5.91 Å². The minimum Gasteiger partial charge on any atom is -0.463 e. The topological polar surface area (TPSA) is 69.3 Å². The maximum Gasteiger partial charge on any atom is 0.271 e. The average Bonchev–Trinajstić information content (AvgIpc) is 3.17. The molecule has 0 aromatic carbocycles. The first-order valence-electron chi connectivity index (χ1n) is 6.72. The highest BCUT2D eigenvalue weighted by molar-refractivity contribution is 5.93. The van der Waals surface area contributed by atoms with E-state index in [0.717, 1.165) is 25.1 Å². The molecular weight excluding hydrogens is 258 g/mol. The van der Waals surface area contributed by atoms with Crippen molar-refractivity contribution in [1.82, 2.24) is 15.1 Å². The Bertz CT molecular complexity index is 583. The molecule has 1 fully saturated rings. The molecule has 0 radical (unpaired) electrons. The Balaban J connectivity index is 1.67. The molecule has 3 rings (SSSR count). The van der Waals surface area contributed by atoms with Crippen molar-refractivity contribution >= 4 is 5.91 Å². The minimum absolute atomic E-state index is 0.132. The van der Waals surface area contributed by atoms with E-state index in [1.165, 1.54) is 0 Å². The van der Waals surface area contributed by atoms with Crippen LogP contribution in [0.15, 0.2) is 28.9 Å². The summed E-state index contributed by atoms with van der Waals surface area (Å²) in [5.41, 5.74) is 1.16. The molecule has 1 unspecified atom stereocenters. The van der Waals surface area contributed by atoms with Crippen molar-refractivity contribution in [2.24, 2.45) is 7.05 Å². The lowest BCUT2D eigenvalue weighted by Crippen LogP contribution is -2.32. The van der Waals surface area contributed by atoms with Gasteiger partial charge in [0.2, 0.25) is 0 Å². The van der Waals surface area contributed by atoms with Crippen LogP contribution in [0.25, 0.3) is 11.5 Å². The second-order valence-corrected chi connectivity index (χ2v) is 4.86. The number of ether oxygens (including phenoxy) is 1. The Morgan fingerprint density at radius 2 is 2.50 bits per heavy atom. The van der Waals surface area contributed by atoms with E-state index in [9.17, 15) is 4.79 Å². The molecule has 0 aliphatic carbocycles. The third kappa shape index (κ3) is 2.60. The fourth-order valence-electron chi connectivity index (χ4n) is 2.34. The van der Waals surface area contributed by atoms with Crippen molar-refractivity contribution in [2.75, 3.05) is 13.2 Å². The molecule has 1 amide bonds. The molecule has 1 aliphatic rings. The fraction of sp³-hybridized carbons (Fsp3) is 0.429. The number of rotatable bonds is 4. The Morgan fingerprint density at radius 3 is 3.20 bits per heavy atom. The van der Waals surface area contributed by atoms with Crippen LogP contribution in [0, 0.1) is 0 Å².